The summed E-state index contributed by atoms with van der Waals surface area (Å²) in [6.07, 6.45) is 5.41. The quantitative estimate of drug-likeness (QED) is 0.664. The number of fused-ring (bicyclic) bond motifs is 2. The van der Waals surface area contributed by atoms with E-state index in [0.717, 1.165) is 67.9 Å². The minimum atomic E-state index is -0.0662. The number of amides is 1. The van der Waals surface area contributed by atoms with Gasteiger partial charge >= 0.3 is 0 Å². The zero-order valence-electron chi connectivity index (χ0n) is 18.1. The Balaban J connectivity index is 1.48. The van der Waals surface area contributed by atoms with Crippen LogP contribution in [0.25, 0.3) is 11.0 Å². The third kappa shape index (κ3) is 3.78. The van der Waals surface area contributed by atoms with Crippen molar-refractivity contribution < 1.29 is 9.53 Å². The third-order valence-corrected chi connectivity index (χ3v) is 6.45. The highest BCUT2D eigenvalue weighted by Crippen LogP contribution is 2.31. The zero-order chi connectivity index (χ0) is 21.4. The molecule has 0 unspecified atom stereocenters. The second-order valence-electron chi connectivity index (χ2n) is 8.52. The van der Waals surface area contributed by atoms with Gasteiger partial charge in [-0.1, -0.05) is 24.3 Å². The average molecular weight is 420 g/mol. The Kier molecular flexibility index (Phi) is 5.36. The van der Waals surface area contributed by atoms with Crippen LogP contribution in [0, 0.1) is 6.92 Å². The first-order valence-corrected chi connectivity index (χ1v) is 11.2. The molecule has 0 saturated carbocycles. The van der Waals surface area contributed by atoms with Crippen LogP contribution in [0.3, 0.4) is 0 Å². The molecule has 1 fully saturated rings. The highest BCUT2D eigenvalue weighted by atomic mass is 16.5. The Morgan fingerprint density at radius 1 is 1.16 bits per heavy atom. The van der Waals surface area contributed by atoms with Crippen molar-refractivity contribution in [2.24, 2.45) is 0 Å². The summed E-state index contributed by atoms with van der Waals surface area (Å²) >= 11 is 0. The molecule has 162 valence electrons. The van der Waals surface area contributed by atoms with Gasteiger partial charge in [0.1, 0.15) is 0 Å². The van der Waals surface area contributed by atoms with Gasteiger partial charge in [-0.25, -0.2) is 9.67 Å². The number of aromatic nitrogens is 3. The maximum absolute atomic E-state index is 13.5. The number of hydrogen-bond donors (Lipinski definition) is 2. The van der Waals surface area contributed by atoms with Crippen molar-refractivity contribution in [1.82, 2.24) is 20.1 Å². The van der Waals surface area contributed by atoms with E-state index in [4.69, 9.17) is 9.72 Å². The molecule has 7 heteroatoms. The topological polar surface area (TPSA) is 81.1 Å². The van der Waals surface area contributed by atoms with Crippen molar-refractivity contribution >= 4 is 22.6 Å². The molecule has 5 rings (SSSR count). The molecule has 1 aliphatic carbocycles. The number of benzene rings is 1. The van der Waals surface area contributed by atoms with Gasteiger partial charge in [0.15, 0.2) is 5.65 Å². The first-order valence-electron chi connectivity index (χ1n) is 11.2. The number of carbonyl (C=O) groups excluding carboxylic acids is 1. The van der Waals surface area contributed by atoms with E-state index in [9.17, 15) is 4.79 Å². The summed E-state index contributed by atoms with van der Waals surface area (Å²) in [7, 11) is 0. The minimum Gasteiger partial charge on any atom is -0.381 e. The van der Waals surface area contributed by atoms with Crippen molar-refractivity contribution in [2.45, 2.75) is 58.2 Å². The summed E-state index contributed by atoms with van der Waals surface area (Å²) < 4.78 is 7.40. The van der Waals surface area contributed by atoms with Crippen molar-refractivity contribution in [3.63, 3.8) is 0 Å². The maximum Gasteiger partial charge on any atom is 0.255 e. The van der Waals surface area contributed by atoms with Gasteiger partial charge < -0.3 is 15.4 Å². The fraction of sp³-hybridized carbons (Fsp3) is 0.458. The lowest BCUT2D eigenvalue weighted by Gasteiger charge is -2.26. The normalized spacial score (nSPS) is 17.1. The molecule has 2 aromatic heterocycles. The largest absolute Gasteiger partial charge is 0.381 e. The molecule has 7 nitrogen and oxygen atoms in total. The van der Waals surface area contributed by atoms with Gasteiger partial charge in [-0.2, -0.15) is 5.10 Å². The predicted octanol–water partition coefficient (Wildman–Crippen LogP) is 3.25. The lowest BCUT2D eigenvalue weighted by Crippen LogP contribution is -2.37. The van der Waals surface area contributed by atoms with E-state index in [-0.39, 0.29) is 18.0 Å². The van der Waals surface area contributed by atoms with Crippen LogP contribution in [0.5, 0.6) is 0 Å². The van der Waals surface area contributed by atoms with Crippen LogP contribution >= 0.6 is 0 Å². The number of nitrogens with zero attached hydrogens (tertiary/aromatic N) is 3. The highest BCUT2D eigenvalue weighted by molar-refractivity contribution is 6.07. The van der Waals surface area contributed by atoms with E-state index < -0.39 is 0 Å². The Labute approximate surface area is 182 Å². The van der Waals surface area contributed by atoms with Gasteiger partial charge in [-0.15, -0.1) is 0 Å². The highest BCUT2D eigenvalue weighted by Gasteiger charge is 2.28. The molecule has 0 bridgehead atoms. The van der Waals surface area contributed by atoms with Crippen LogP contribution in [0.2, 0.25) is 0 Å². The first-order chi connectivity index (χ1) is 15.1. The van der Waals surface area contributed by atoms with Gasteiger partial charge in [0, 0.05) is 31.8 Å². The minimum absolute atomic E-state index is 0.0662. The van der Waals surface area contributed by atoms with Gasteiger partial charge in [-0.05, 0) is 50.7 Å². The monoisotopic (exact) mass is 419 g/mol. The average Bonchev–Trinajstić information content (AvgIpc) is 3.37. The first kappa shape index (κ1) is 20.0. The Morgan fingerprint density at radius 3 is 2.55 bits per heavy atom. The summed E-state index contributed by atoms with van der Waals surface area (Å²) in [5, 5.41) is 12.3. The standard InChI is InChI=1S/C24H29N5O2/c1-3-29-23-20(14-25-29)22(27-18-8-10-31-11-9-18)21(15(2)26-23)24(30)28-19-12-16-6-4-5-7-17(16)13-19/h4-7,14,18-19H,3,8-13H2,1-2H3,(H,26,27)(H,28,30). The molecule has 1 aliphatic heterocycles. The smallest absolute Gasteiger partial charge is 0.255 e. The van der Waals surface area contributed by atoms with E-state index in [1.165, 1.54) is 11.1 Å². The second kappa shape index (κ2) is 8.30. The number of aryl methyl sites for hydroxylation is 2. The van der Waals surface area contributed by atoms with E-state index in [0.29, 0.717) is 5.56 Å². The van der Waals surface area contributed by atoms with Crippen LogP contribution in [0.15, 0.2) is 30.5 Å². The lowest BCUT2D eigenvalue weighted by atomic mass is 10.0. The number of anilines is 1. The molecule has 3 aromatic rings. The molecule has 1 saturated heterocycles. The molecule has 0 radical (unpaired) electrons. The third-order valence-electron chi connectivity index (χ3n) is 6.45. The fourth-order valence-corrected chi connectivity index (χ4v) is 4.83. The molecule has 31 heavy (non-hydrogen) atoms. The molecular formula is C24H29N5O2. The number of hydrogen-bond acceptors (Lipinski definition) is 5. The van der Waals surface area contributed by atoms with Gasteiger partial charge in [0.25, 0.3) is 5.91 Å². The predicted molar refractivity (Wildman–Crippen MR) is 121 cm³/mol. The van der Waals surface area contributed by atoms with Crippen molar-refractivity contribution in [2.75, 3.05) is 18.5 Å². The van der Waals surface area contributed by atoms with Crippen LogP contribution in [-0.2, 0) is 24.1 Å². The maximum atomic E-state index is 13.5. The van der Waals surface area contributed by atoms with Crippen LogP contribution in [0.4, 0.5) is 5.69 Å². The Bertz CT molecular complexity index is 1090. The molecule has 0 atom stereocenters. The van der Waals surface area contributed by atoms with Crippen molar-refractivity contribution in [3.05, 3.63) is 52.8 Å². The molecular weight excluding hydrogens is 390 g/mol. The van der Waals surface area contributed by atoms with Crippen LogP contribution in [0.1, 0.15) is 46.9 Å². The second-order valence-corrected chi connectivity index (χ2v) is 8.52. The summed E-state index contributed by atoms with van der Waals surface area (Å²) in [6.45, 7) is 6.17. The molecule has 2 aliphatic rings. The molecule has 1 aromatic carbocycles. The molecule has 1 amide bonds. The van der Waals surface area contributed by atoms with Gasteiger partial charge in [0.05, 0.1) is 28.5 Å². The number of ether oxygens (including phenoxy) is 1. The molecule has 3 heterocycles. The number of pyridine rings is 1. The van der Waals surface area contributed by atoms with Crippen LogP contribution < -0.4 is 10.6 Å². The summed E-state index contributed by atoms with van der Waals surface area (Å²) in [5.41, 5.74) is 5.67. The van der Waals surface area contributed by atoms with Gasteiger partial charge in [-0.3, -0.25) is 4.79 Å². The zero-order valence-corrected chi connectivity index (χ0v) is 18.1. The SMILES string of the molecule is CCn1ncc2c(NC3CCOCC3)c(C(=O)NC3Cc4ccccc4C3)c(C)nc21. The summed E-state index contributed by atoms with van der Waals surface area (Å²) in [6, 6.07) is 8.80. The van der Waals surface area contributed by atoms with E-state index >= 15 is 0 Å². The number of rotatable bonds is 5. The molecule has 2 N–H and O–H groups in total. The summed E-state index contributed by atoms with van der Waals surface area (Å²) in [5.74, 6) is -0.0662. The fourth-order valence-electron chi connectivity index (χ4n) is 4.83. The van der Waals surface area contributed by atoms with Crippen molar-refractivity contribution in [3.8, 4) is 0 Å². The number of carbonyl (C=O) groups is 1. The Morgan fingerprint density at radius 2 is 1.87 bits per heavy atom. The van der Waals surface area contributed by atoms with E-state index in [1.54, 1.807) is 0 Å². The summed E-state index contributed by atoms with van der Waals surface area (Å²) in [4.78, 5) is 18.3. The lowest BCUT2D eigenvalue weighted by molar-refractivity contribution is 0.0903. The van der Waals surface area contributed by atoms with Crippen LogP contribution in [-0.4, -0.2) is 46.0 Å². The number of nitrogens with one attached hydrogen (secondary N) is 2. The van der Waals surface area contributed by atoms with Gasteiger partial charge in [0.2, 0.25) is 0 Å². The van der Waals surface area contributed by atoms with E-state index in [1.807, 2.05) is 24.7 Å². The van der Waals surface area contributed by atoms with E-state index in [2.05, 4.69) is 40.0 Å². The molecule has 0 spiro atoms. The Hall–Kier alpha value is -2.93. The van der Waals surface area contributed by atoms with Crippen molar-refractivity contribution in [1.29, 1.82) is 0 Å².